The van der Waals surface area contributed by atoms with E-state index in [2.05, 4.69) is 4.98 Å². The standard InChI is InChI=1S/C11H14BClFNO2/c1-10(2)11(3,4)17-12(16-10)9-7(13)5-15-6-8(9)14/h5-6H,1-4H3. The van der Waals surface area contributed by atoms with Gasteiger partial charge in [-0.05, 0) is 27.7 Å². The normalized spacial score (nSPS) is 21.9. The summed E-state index contributed by atoms with van der Waals surface area (Å²) in [5.74, 6) is -0.518. The van der Waals surface area contributed by atoms with Crippen LogP contribution in [0.4, 0.5) is 4.39 Å². The summed E-state index contributed by atoms with van der Waals surface area (Å²) in [5.41, 5.74) is -0.826. The van der Waals surface area contributed by atoms with Crippen molar-refractivity contribution in [2.45, 2.75) is 38.9 Å². The summed E-state index contributed by atoms with van der Waals surface area (Å²) in [6.45, 7) is 7.61. The van der Waals surface area contributed by atoms with E-state index in [1.54, 1.807) is 0 Å². The van der Waals surface area contributed by atoms with Crippen molar-refractivity contribution in [2.75, 3.05) is 0 Å². The second-order valence-electron chi connectivity index (χ2n) is 5.11. The van der Waals surface area contributed by atoms with Crippen LogP contribution in [0.5, 0.6) is 0 Å². The third kappa shape index (κ3) is 2.07. The van der Waals surface area contributed by atoms with Crippen LogP contribution in [0.2, 0.25) is 5.02 Å². The summed E-state index contributed by atoms with van der Waals surface area (Å²) < 4.78 is 25.2. The number of hydrogen-bond donors (Lipinski definition) is 0. The number of aromatic nitrogens is 1. The Morgan fingerprint density at radius 2 is 1.71 bits per heavy atom. The number of hydrogen-bond acceptors (Lipinski definition) is 3. The molecule has 0 amide bonds. The Kier molecular flexibility index (Phi) is 2.96. The van der Waals surface area contributed by atoms with Gasteiger partial charge in [-0.2, -0.15) is 0 Å². The smallest absolute Gasteiger partial charge is 0.399 e. The summed E-state index contributed by atoms with van der Waals surface area (Å²) in [5, 5.41) is 0.212. The van der Waals surface area contributed by atoms with Crippen molar-refractivity contribution in [1.82, 2.24) is 4.98 Å². The fourth-order valence-corrected chi connectivity index (χ4v) is 1.84. The molecule has 0 aliphatic carbocycles. The highest BCUT2D eigenvalue weighted by molar-refractivity contribution is 6.65. The monoisotopic (exact) mass is 257 g/mol. The fraction of sp³-hybridized carbons (Fsp3) is 0.545. The minimum absolute atomic E-state index is 0.209. The van der Waals surface area contributed by atoms with E-state index in [1.165, 1.54) is 6.20 Å². The van der Waals surface area contributed by atoms with Crippen LogP contribution in [0.25, 0.3) is 0 Å². The van der Waals surface area contributed by atoms with E-state index >= 15 is 0 Å². The van der Waals surface area contributed by atoms with Crippen molar-refractivity contribution >= 4 is 24.2 Å². The average molecular weight is 258 g/mol. The minimum Gasteiger partial charge on any atom is -0.399 e. The van der Waals surface area contributed by atoms with Crippen LogP contribution in [0.1, 0.15) is 27.7 Å². The summed E-state index contributed by atoms with van der Waals surface area (Å²) >= 11 is 5.93. The van der Waals surface area contributed by atoms with E-state index in [1.807, 2.05) is 27.7 Å². The molecule has 1 saturated heterocycles. The molecule has 1 fully saturated rings. The van der Waals surface area contributed by atoms with Gasteiger partial charge in [0.05, 0.1) is 22.4 Å². The van der Waals surface area contributed by atoms with Crippen LogP contribution in [0.3, 0.4) is 0 Å². The molecule has 3 nitrogen and oxygen atoms in total. The second kappa shape index (κ2) is 3.94. The molecular formula is C11H14BClFNO2. The zero-order chi connectivity index (χ0) is 12.8. The molecule has 0 atom stereocenters. The predicted octanol–water partition coefficient (Wildman–Crippen LogP) is 2.17. The molecule has 0 spiro atoms. The maximum atomic E-state index is 13.7. The number of nitrogens with zero attached hydrogens (tertiary/aromatic N) is 1. The highest BCUT2D eigenvalue weighted by Gasteiger charge is 2.53. The lowest BCUT2D eigenvalue weighted by atomic mass is 9.79. The topological polar surface area (TPSA) is 31.4 Å². The third-order valence-corrected chi connectivity index (χ3v) is 3.68. The molecule has 0 bridgehead atoms. The number of halogens is 2. The van der Waals surface area contributed by atoms with Gasteiger partial charge in [0, 0.05) is 11.7 Å². The van der Waals surface area contributed by atoms with E-state index in [0.29, 0.717) is 0 Å². The van der Waals surface area contributed by atoms with Gasteiger partial charge in [-0.15, -0.1) is 0 Å². The van der Waals surface area contributed by atoms with E-state index in [-0.39, 0.29) is 10.5 Å². The molecule has 2 rings (SSSR count). The van der Waals surface area contributed by atoms with Crippen LogP contribution >= 0.6 is 11.6 Å². The van der Waals surface area contributed by atoms with Crippen molar-refractivity contribution in [2.24, 2.45) is 0 Å². The first-order chi connectivity index (χ1) is 7.74. The van der Waals surface area contributed by atoms with Crippen LogP contribution in [0, 0.1) is 5.82 Å². The molecule has 0 aromatic carbocycles. The van der Waals surface area contributed by atoms with Gasteiger partial charge in [0.25, 0.3) is 0 Å². The van der Waals surface area contributed by atoms with Gasteiger partial charge < -0.3 is 9.31 Å². The maximum Gasteiger partial charge on any atom is 0.499 e. The molecule has 0 N–H and O–H groups in total. The first-order valence-electron chi connectivity index (χ1n) is 5.39. The van der Waals surface area contributed by atoms with Crippen molar-refractivity contribution < 1.29 is 13.7 Å². The van der Waals surface area contributed by atoms with Crippen LogP contribution in [0.15, 0.2) is 12.4 Å². The molecular weight excluding hydrogens is 243 g/mol. The molecule has 1 aromatic heterocycles. The molecule has 1 aliphatic rings. The van der Waals surface area contributed by atoms with Crippen molar-refractivity contribution in [3.05, 3.63) is 23.2 Å². The van der Waals surface area contributed by atoms with Crippen molar-refractivity contribution in [3.63, 3.8) is 0 Å². The van der Waals surface area contributed by atoms with E-state index in [0.717, 1.165) is 6.20 Å². The zero-order valence-electron chi connectivity index (χ0n) is 10.3. The van der Waals surface area contributed by atoms with Gasteiger partial charge >= 0.3 is 7.12 Å². The van der Waals surface area contributed by atoms with Gasteiger partial charge in [-0.25, -0.2) is 4.39 Å². The Balaban J connectivity index is 2.39. The lowest BCUT2D eigenvalue weighted by molar-refractivity contribution is 0.00578. The fourth-order valence-electron chi connectivity index (χ4n) is 1.61. The molecule has 0 radical (unpaired) electrons. The molecule has 0 unspecified atom stereocenters. The average Bonchev–Trinajstić information content (AvgIpc) is 2.35. The van der Waals surface area contributed by atoms with E-state index in [4.69, 9.17) is 20.9 Å². The second-order valence-corrected chi connectivity index (χ2v) is 5.51. The number of rotatable bonds is 1. The van der Waals surface area contributed by atoms with Gasteiger partial charge in [0.2, 0.25) is 0 Å². The Morgan fingerprint density at radius 3 is 2.18 bits per heavy atom. The summed E-state index contributed by atoms with van der Waals surface area (Å²) in [7, 11) is -0.796. The van der Waals surface area contributed by atoms with Crippen LogP contribution in [-0.4, -0.2) is 23.3 Å². The molecule has 17 heavy (non-hydrogen) atoms. The van der Waals surface area contributed by atoms with Crippen molar-refractivity contribution in [3.8, 4) is 0 Å². The largest absolute Gasteiger partial charge is 0.499 e. The number of pyridine rings is 1. The summed E-state index contributed by atoms with van der Waals surface area (Å²) in [6, 6.07) is 0. The molecule has 0 saturated carbocycles. The minimum atomic E-state index is -0.796. The first kappa shape index (κ1) is 12.8. The molecule has 1 aliphatic heterocycles. The summed E-state index contributed by atoms with van der Waals surface area (Å²) in [4.78, 5) is 3.67. The molecule has 1 aromatic rings. The maximum absolute atomic E-state index is 13.7. The first-order valence-corrected chi connectivity index (χ1v) is 5.77. The lowest BCUT2D eigenvalue weighted by Gasteiger charge is -2.32. The van der Waals surface area contributed by atoms with Crippen LogP contribution < -0.4 is 5.46 Å². The van der Waals surface area contributed by atoms with E-state index in [9.17, 15) is 4.39 Å². The highest BCUT2D eigenvalue weighted by atomic mass is 35.5. The van der Waals surface area contributed by atoms with Crippen LogP contribution in [-0.2, 0) is 9.31 Å². The summed E-state index contributed by atoms with van der Waals surface area (Å²) in [6.07, 6.45) is 2.48. The predicted molar refractivity (Wildman–Crippen MR) is 64.9 cm³/mol. The molecule has 92 valence electrons. The van der Waals surface area contributed by atoms with Gasteiger partial charge in [0.15, 0.2) is 0 Å². The van der Waals surface area contributed by atoms with E-state index < -0.39 is 24.1 Å². The lowest BCUT2D eigenvalue weighted by Crippen LogP contribution is -2.41. The van der Waals surface area contributed by atoms with Gasteiger partial charge in [-0.1, -0.05) is 11.6 Å². The van der Waals surface area contributed by atoms with Crippen molar-refractivity contribution in [1.29, 1.82) is 0 Å². The Hall–Kier alpha value is -0.645. The Labute approximate surface area is 105 Å². The third-order valence-electron chi connectivity index (χ3n) is 3.38. The molecule has 6 heteroatoms. The SMILES string of the molecule is CC1(C)OB(c2c(F)cncc2Cl)OC1(C)C. The highest BCUT2D eigenvalue weighted by Crippen LogP contribution is 2.37. The molecule has 2 heterocycles. The Bertz CT molecular complexity index is 417. The quantitative estimate of drug-likeness (QED) is 0.723. The van der Waals surface area contributed by atoms with Gasteiger partial charge in [-0.3, -0.25) is 4.98 Å². The Morgan fingerprint density at radius 1 is 1.18 bits per heavy atom. The van der Waals surface area contributed by atoms with Gasteiger partial charge in [0.1, 0.15) is 5.82 Å². The zero-order valence-corrected chi connectivity index (χ0v) is 11.0.